The highest BCUT2D eigenvalue weighted by atomic mass is 32.1. The summed E-state index contributed by atoms with van der Waals surface area (Å²) < 4.78 is 6.09. The topological polar surface area (TPSA) is 87.1 Å². The Hall–Kier alpha value is -3.64. The van der Waals surface area contributed by atoms with Crippen LogP contribution in [0.25, 0.3) is 11.1 Å². The predicted molar refractivity (Wildman–Crippen MR) is 160 cm³/mol. The summed E-state index contributed by atoms with van der Waals surface area (Å²) in [5.41, 5.74) is 3.87. The monoisotopic (exact) mass is 565 g/mol. The number of thiophene rings is 2. The zero-order chi connectivity index (χ0) is 28.7. The average molecular weight is 566 g/mol. The van der Waals surface area contributed by atoms with Gasteiger partial charge in [0, 0.05) is 35.5 Å². The van der Waals surface area contributed by atoms with Crippen LogP contribution in [-0.4, -0.2) is 40.1 Å². The Morgan fingerprint density at radius 1 is 1.05 bits per heavy atom. The molecule has 0 aliphatic heterocycles. The summed E-state index contributed by atoms with van der Waals surface area (Å²) in [5, 5.41) is 22.1. The summed E-state index contributed by atoms with van der Waals surface area (Å²) in [6.45, 7) is 11.9. The Kier molecular flexibility index (Phi) is 13.2. The standard InChI is InChI=1S/C27H31NOS2.C4H4O4/c1-5-28(14-8-6-7-13-27(2,3)4)18-22-10-9-11-25(16-22)29-19-26-17-24(21-31-26)23-12-15-30-20-23;5-3(6)1-2-4(7)8/h6,8-12,15-17,20-21H,5,14,18-19H2,1-4H3;1-2H,(H,5,6)(H,7,8). The highest BCUT2D eigenvalue weighted by Gasteiger charge is 2.06. The Morgan fingerprint density at radius 3 is 2.41 bits per heavy atom. The van der Waals surface area contributed by atoms with Crippen LogP contribution in [0.1, 0.15) is 38.1 Å². The molecule has 1 aromatic carbocycles. The Bertz CT molecular complexity index is 1290. The summed E-state index contributed by atoms with van der Waals surface area (Å²) in [6, 6.07) is 12.8. The highest BCUT2D eigenvalue weighted by molar-refractivity contribution is 7.10. The van der Waals surface area contributed by atoms with Crippen LogP contribution >= 0.6 is 22.7 Å². The summed E-state index contributed by atoms with van der Waals surface area (Å²) >= 11 is 3.48. The lowest BCUT2D eigenvalue weighted by Gasteiger charge is -2.18. The van der Waals surface area contributed by atoms with Crippen molar-refractivity contribution in [3.05, 3.63) is 87.3 Å². The maximum atomic E-state index is 9.55. The number of aliphatic carboxylic acids is 2. The third-order valence-electron chi connectivity index (χ3n) is 5.02. The van der Waals surface area contributed by atoms with Gasteiger partial charge in [-0.1, -0.05) is 37.0 Å². The van der Waals surface area contributed by atoms with Crippen LogP contribution in [0, 0.1) is 17.3 Å². The number of ether oxygens (including phenoxy) is 1. The molecular weight excluding hydrogens is 530 g/mol. The highest BCUT2D eigenvalue weighted by Crippen LogP contribution is 2.28. The minimum absolute atomic E-state index is 0.0454. The molecule has 2 aromatic heterocycles. The van der Waals surface area contributed by atoms with Gasteiger partial charge in [0.05, 0.1) is 0 Å². The molecule has 0 saturated carbocycles. The van der Waals surface area contributed by atoms with Gasteiger partial charge in [-0.05, 0) is 90.5 Å². The summed E-state index contributed by atoms with van der Waals surface area (Å²) in [5.74, 6) is 4.79. The Balaban J connectivity index is 0.000000580. The second kappa shape index (κ2) is 16.4. The fourth-order valence-corrected chi connectivity index (χ4v) is 4.62. The van der Waals surface area contributed by atoms with Gasteiger partial charge in [0.15, 0.2) is 0 Å². The average Bonchev–Trinajstić information content (AvgIpc) is 3.58. The van der Waals surface area contributed by atoms with E-state index in [1.807, 2.05) is 12.1 Å². The van der Waals surface area contributed by atoms with Crippen LogP contribution in [0.5, 0.6) is 5.75 Å². The molecule has 0 saturated heterocycles. The van der Waals surface area contributed by atoms with E-state index in [1.165, 1.54) is 21.6 Å². The number of carbonyl (C=O) groups is 2. The van der Waals surface area contributed by atoms with Crippen LogP contribution in [0.4, 0.5) is 0 Å². The van der Waals surface area contributed by atoms with Gasteiger partial charge in [-0.15, -0.1) is 11.3 Å². The molecule has 0 radical (unpaired) electrons. The molecule has 2 N–H and O–H groups in total. The molecule has 0 bridgehead atoms. The number of hydrogen-bond donors (Lipinski definition) is 2. The molecule has 8 heteroatoms. The number of hydrogen-bond acceptors (Lipinski definition) is 6. The zero-order valence-corrected chi connectivity index (χ0v) is 24.3. The van der Waals surface area contributed by atoms with Gasteiger partial charge >= 0.3 is 11.9 Å². The van der Waals surface area contributed by atoms with E-state index in [0.717, 1.165) is 25.4 Å². The first-order chi connectivity index (χ1) is 18.6. The van der Waals surface area contributed by atoms with Crippen LogP contribution in [0.15, 0.2) is 76.8 Å². The van der Waals surface area contributed by atoms with Gasteiger partial charge in [-0.25, -0.2) is 9.59 Å². The number of rotatable bonds is 11. The van der Waals surface area contributed by atoms with Gasteiger partial charge in [-0.3, -0.25) is 4.90 Å². The van der Waals surface area contributed by atoms with Crippen molar-refractivity contribution >= 4 is 34.6 Å². The van der Waals surface area contributed by atoms with Gasteiger partial charge < -0.3 is 14.9 Å². The lowest BCUT2D eigenvalue weighted by Crippen LogP contribution is -2.22. The second-order valence-electron chi connectivity index (χ2n) is 9.51. The van der Waals surface area contributed by atoms with Crippen LogP contribution in [0.2, 0.25) is 0 Å². The lowest BCUT2D eigenvalue weighted by molar-refractivity contribution is -0.134. The number of allylic oxidation sites excluding steroid dienone is 1. The molecule has 0 spiro atoms. The van der Waals surface area contributed by atoms with Crippen molar-refractivity contribution in [2.75, 3.05) is 13.1 Å². The minimum atomic E-state index is -1.26. The molecule has 6 nitrogen and oxygen atoms in total. The first-order valence-corrected chi connectivity index (χ1v) is 14.2. The van der Waals surface area contributed by atoms with Crippen LogP contribution in [0.3, 0.4) is 0 Å². The fourth-order valence-electron chi connectivity index (χ4n) is 3.15. The molecule has 3 aromatic rings. The third kappa shape index (κ3) is 13.6. The van der Waals surface area contributed by atoms with Gasteiger partial charge in [0.2, 0.25) is 0 Å². The largest absolute Gasteiger partial charge is 0.488 e. The number of nitrogens with zero attached hydrogens (tertiary/aromatic N) is 1. The maximum Gasteiger partial charge on any atom is 0.328 e. The molecule has 0 fully saturated rings. The van der Waals surface area contributed by atoms with Crippen molar-refractivity contribution < 1.29 is 24.5 Å². The van der Waals surface area contributed by atoms with E-state index in [2.05, 4.69) is 97.0 Å². The lowest BCUT2D eigenvalue weighted by atomic mass is 9.98. The number of likely N-dealkylation sites (N-methyl/N-ethyl adjacent to an activating group) is 1. The van der Waals surface area contributed by atoms with Crippen molar-refractivity contribution in [2.45, 2.75) is 40.8 Å². The van der Waals surface area contributed by atoms with E-state index in [9.17, 15) is 9.59 Å². The summed E-state index contributed by atoms with van der Waals surface area (Å²) in [6.07, 6.45) is 5.23. The summed E-state index contributed by atoms with van der Waals surface area (Å²) in [7, 11) is 0. The van der Waals surface area contributed by atoms with E-state index in [-0.39, 0.29) is 5.41 Å². The van der Waals surface area contributed by atoms with E-state index in [1.54, 1.807) is 22.7 Å². The SMILES string of the molecule is CCN(CC=CC#CC(C)(C)C)Cc1cccc(OCc2cc(-c3ccsc3)cs2)c1.O=C(O)C=CC(=O)O. The van der Waals surface area contributed by atoms with Crippen molar-refractivity contribution in [3.63, 3.8) is 0 Å². The smallest absolute Gasteiger partial charge is 0.328 e. The quantitative estimate of drug-likeness (QED) is 0.189. The minimum Gasteiger partial charge on any atom is -0.488 e. The molecule has 0 amide bonds. The van der Waals surface area contributed by atoms with Crippen molar-refractivity contribution in [1.82, 2.24) is 4.90 Å². The zero-order valence-electron chi connectivity index (χ0n) is 22.7. The Morgan fingerprint density at radius 2 is 1.79 bits per heavy atom. The molecule has 0 aliphatic carbocycles. The maximum absolute atomic E-state index is 9.55. The molecule has 206 valence electrons. The van der Waals surface area contributed by atoms with Gasteiger partial charge in [-0.2, -0.15) is 11.3 Å². The van der Waals surface area contributed by atoms with Crippen LogP contribution in [-0.2, 0) is 22.7 Å². The number of carboxylic acids is 2. The Labute approximate surface area is 238 Å². The van der Waals surface area contributed by atoms with Crippen molar-refractivity contribution in [2.24, 2.45) is 5.41 Å². The molecular formula is C31H35NO5S2. The third-order valence-corrected chi connectivity index (χ3v) is 6.62. The first kappa shape index (κ1) is 31.6. The molecule has 3 rings (SSSR count). The van der Waals surface area contributed by atoms with E-state index < -0.39 is 11.9 Å². The normalized spacial score (nSPS) is 11.2. The molecule has 39 heavy (non-hydrogen) atoms. The number of carboxylic acid groups (broad SMARTS) is 2. The van der Waals surface area contributed by atoms with Gasteiger partial charge in [0.25, 0.3) is 0 Å². The van der Waals surface area contributed by atoms with E-state index in [4.69, 9.17) is 14.9 Å². The fraction of sp³-hybridized carbons (Fsp3) is 0.290. The second-order valence-corrected chi connectivity index (χ2v) is 11.3. The summed E-state index contributed by atoms with van der Waals surface area (Å²) in [4.78, 5) is 22.7. The van der Waals surface area contributed by atoms with E-state index >= 15 is 0 Å². The molecule has 0 unspecified atom stereocenters. The van der Waals surface area contributed by atoms with Crippen LogP contribution < -0.4 is 4.74 Å². The first-order valence-electron chi connectivity index (χ1n) is 12.4. The number of benzene rings is 1. The van der Waals surface area contributed by atoms with E-state index in [0.29, 0.717) is 18.8 Å². The molecule has 2 heterocycles. The van der Waals surface area contributed by atoms with Crippen molar-refractivity contribution in [3.8, 4) is 28.7 Å². The predicted octanol–water partition coefficient (Wildman–Crippen LogP) is 7.20. The van der Waals surface area contributed by atoms with Gasteiger partial charge in [0.1, 0.15) is 12.4 Å². The molecule has 0 atom stereocenters. The molecule has 0 aliphatic rings. The van der Waals surface area contributed by atoms with Crippen molar-refractivity contribution in [1.29, 1.82) is 0 Å².